The number of rotatable bonds is 6. The van der Waals surface area contributed by atoms with Crippen LogP contribution in [0.4, 0.5) is 10.1 Å². The molecule has 1 amide bonds. The number of halogens is 2. The molecular formula is C24H19BrFN3O3S. The van der Waals surface area contributed by atoms with Gasteiger partial charge in [0.15, 0.2) is 0 Å². The summed E-state index contributed by atoms with van der Waals surface area (Å²) in [7, 11) is 1.55. The Bertz CT molecular complexity index is 1410. The lowest BCUT2D eigenvalue weighted by atomic mass is 10.2. The van der Waals surface area contributed by atoms with Gasteiger partial charge in [-0.15, -0.1) is 11.8 Å². The van der Waals surface area contributed by atoms with Crippen molar-refractivity contribution in [3.8, 4) is 11.4 Å². The number of nitrogens with one attached hydrogen (secondary N) is 1. The van der Waals surface area contributed by atoms with E-state index in [1.165, 1.54) is 30.0 Å². The normalized spacial score (nSPS) is 10.9. The number of hydrogen-bond donors (Lipinski definition) is 1. The summed E-state index contributed by atoms with van der Waals surface area (Å²) in [6, 6.07) is 16.9. The Kier molecular flexibility index (Phi) is 6.80. The Morgan fingerprint density at radius 2 is 1.91 bits per heavy atom. The van der Waals surface area contributed by atoms with E-state index >= 15 is 0 Å². The van der Waals surface area contributed by atoms with E-state index in [-0.39, 0.29) is 21.7 Å². The number of thioether (sulfide) groups is 1. The fourth-order valence-corrected chi connectivity index (χ4v) is 4.40. The lowest BCUT2D eigenvalue weighted by Crippen LogP contribution is -2.22. The molecule has 0 unspecified atom stereocenters. The summed E-state index contributed by atoms with van der Waals surface area (Å²) < 4.78 is 20.4. The van der Waals surface area contributed by atoms with Crippen LogP contribution >= 0.6 is 27.7 Å². The van der Waals surface area contributed by atoms with Crippen LogP contribution in [0.15, 0.2) is 74.8 Å². The summed E-state index contributed by atoms with van der Waals surface area (Å²) in [5.74, 6) is 0.752. The Morgan fingerprint density at radius 1 is 1.15 bits per heavy atom. The zero-order valence-electron chi connectivity index (χ0n) is 17.8. The van der Waals surface area contributed by atoms with E-state index in [4.69, 9.17) is 4.74 Å². The summed E-state index contributed by atoms with van der Waals surface area (Å²) in [4.78, 5) is 30.8. The van der Waals surface area contributed by atoms with E-state index in [2.05, 4.69) is 26.2 Å². The van der Waals surface area contributed by atoms with Crippen molar-refractivity contribution in [2.45, 2.75) is 11.8 Å². The van der Waals surface area contributed by atoms with E-state index in [0.717, 1.165) is 4.90 Å². The van der Waals surface area contributed by atoms with E-state index in [1.54, 1.807) is 36.8 Å². The van der Waals surface area contributed by atoms with Crippen LogP contribution in [0.2, 0.25) is 0 Å². The Morgan fingerprint density at radius 3 is 2.61 bits per heavy atom. The second-order valence-electron chi connectivity index (χ2n) is 7.14. The average Bonchev–Trinajstić information content (AvgIpc) is 2.81. The van der Waals surface area contributed by atoms with Crippen molar-refractivity contribution < 1.29 is 13.9 Å². The molecule has 4 rings (SSSR count). The first-order chi connectivity index (χ1) is 15.9. The van der Waals surface area contributed by atoms with Crippen LogP contribution in [0.25, 0.3) is 16.6 Å². The fraction of sp³-hybridized carbons (Fsp3) is 0.125. The molecule has 168 valence electrons. The molecule has 9 heteroatoms. The molecule has 0 fully saturated rings. The molecule has 0 aliphatic carbocycles. The summed E-state index contributed by atoms with van der Waals surface area (Å²) >= 11 is 4.46. The maximum Gasteiger partial charge on any atom is 0.266 e. The van der Waals surface area contributed by atoms with Gasteiger partial charge in [0.05, 0.1) is 33.9 Å². The molecule has 6 nitrogen and oxygen atoms in total. The van der Waals surface area contributed by atoms with Gasteiger partial charge in [-0.1, -0.05) is 0 Å². The molecule has 0 bridgehead atoms. The molecule has 0 spiro atoms. The number of methoxy groups -OCH3 is 1. The molecule has 3 aromatic carbocycles. The minimum atomic E-state index is -0.391. The lowest BCUT2D eigenvalue weighted by molar-refractivity contribution is -0.113. The van der Waals surface area contributed by atoms with Crippen LogP contribution in [0.1, 0.15) is 5.82 Å². The largest absolute Gasteiger partial charge is 0.497 e. The molecule has 0 radical (unpaired) electrons. The van der Waals surface area contributed by atoms with E-state index in [9.17, 15) is 14.0 Å². The highest BCUT2D eigenvalue weighted by molar-refractivity contribution is 9.10. The first kappa shape index (κ1) is 23.0. The third kappa shape index (κ3) is 5.09. The van der Waals surface area contributed by atoms with Crippen LogP contribution in [0, 0.1) is 12.7 Å². The van der Waals surface area contributed by atoms with E-state index in [1.807, 2.05) is 24.3 Å². The van der Waals surface area contributed by atoms with Gasteiger partial charge in [-0.3, -0.25) is 14.2 Å². The molecular weight excluding hydrogens is 509 g/mol. The minimum absolute atomic E-state index is 0.179. The number of aryl methyl sites for hydroxylation is 1. The predicted molar refractivity (Wildman–Crippen MR) is 132 cm³/mol. The number of amides is 1. The summed E-state index contributed by atoms with van der Waals surface area (Å²) in [6.07, 6.45) is 0. The standard InChI is InChI=1S/C24H19BrFN3O3S/c1-14-27-22-10-6-17(32-2)12-19(22)24(31)29(14)16-4-7-18(8-5-16)33-13-23(30)28-15-3-9-21(26)20(25)11-15/h3-12H,13H2,1-2H3,(H,28,30). The number of fused-ring (bicyclic) bond motifs is 1. The highest BCUT2D eigenvalue weighted by Gasteiger charge is 2.12. The van der Waals surface area contributed by atoms with Gasteiger partial charge < -0.3 is 10.1 Å². The SMILES string of the molecule is COc1ccc2nc(C)n(-c3ccc(SCC(=O)Nc4ccc(F)c(Br)c4)cc3)c(=O)c2c1. The number of anilines is 1. The van der Waals surface area contributed by atoms with Gasteiger partial charge in [0.2, 0.25) is 5.91 Å². The van der Waals surface area contributed by atoms with E-state index < -0.39 is 5.82 Å². The maximum atomic E-state index is 13.3. The van der Waals surface area contributed by atoms with Crippen molar-refractivity contribution in [1.29, 1.82) is 0 Å². The molecule has 0 atom stereocenters. The molecule has 0 aliphatic heterocycles. The smallest absolute Gasteiger partial charge is 0.266 e. The summed E-state index contributed by atoms with van der Waals surface area (Å²) in [5, 5.41) is 3.21. The molecule has 0 aliphatic rings. The number of ether oxygens (including phenoxy) is 1. The van der Waals surface area contributed by atoms with Crippen LogP contribution in [0.3, 0.4) is 0 Å². The van der Waals surface area contributed by atoms with Gasteiger partial charge in [-0.25, -0.2) is 9.37 Å². The third-order valence-electron chi connectivity index (χ3n) is 4.91. The molecule has 1 N–H and O–H groups in total. The number of carbonyl (C=O) groups is 1. The number of nitrogens with zero attached hydrogens (tertiary/aromatic N) is 2. The van der Waals surface area contributed by atoms with Crippen molar-refractivity contribution in [1.82, 2.24) is 9.55 Å². The van der Waals surface area contributed by atoms with Gasteiger partial charge in [-0.2, -0.15) is 0 Å². The third-order valence-corrected chi connectivity index (χ3v) is 6.53. The van der Waals surface area contributed by atoms with Crippen molar-refractivity contribution in [3.63, 3.8) is 0 Å². The average molecular weight is 528 g/mol. The van der Waals surface area contributed by atoms with Gasteiger partial charge in [0.25, 0.3) is 5.56 Å². The predicted octanol–water partition coefficient (Wildman–Crippen LogP) is 5.34. The second-order valence-corrected chi connectivity index (χ2v) is 9.05. The van der Waals surface area contributed by atoms with E-state index in [0.29, 0.717) is 33.9 Å². The molecule has 0 saturated heterocycles. The zero-order chi connectivity index (χ0) is 23.5. The van der Waals surface area contributed by atoms with Crippen molar-refractivity contribution in [2.75, 3.05) is 18.2 Å². The monoisotopic (exact) mass is 527 g/mol. The summed E-state index contributed by atoms with van der Waals surface area (Å²) in [5.41, 5.74) is 1.63. The van der Waals surface area contributed by atoms with Gasteiger partial charge in [0.1, 0.15) is 17.4 Å². The number of aromatic nitrogens is 2. The molecule has 1 heterocycles. The number of carbonyl (C=O) groups excluding carboxylic acids is 1. The molecule has 0 saturated carbocycles. The maximum absolute atomic E-state index is 13.3. The molecule has 1 aromatic heterocycles. The van der Waals surface area contributed by atoms with Crippen LogP contribution in [-0.4, -0.2) is 28.3 Å². The van der Waals surface area contributed by atoms with Gasteiger partial charge in [0, 0.05) is 10.6 Å². The lowest BCUT2D eigenvalue weighted by Gasteiger charge is -2.12. The minimum Gasteiger partial charge on any atom is -0.497 e. The van der Waals surface area contributed by atoms with Crippen molar-refractivity contribution in [3.05, 3.63) is 87.1 Å². The van der Waals surface area contributed by atoms with Gasteiger partial charge in [-0.05, 0) is 83.5 Å². The topological polar surface area (TPSA) is 73.2 Å². The number of benzene rings is 3. The van der Waals surface area contributed by atoms with Crippen LogP contribution in [-0.2, 0) is 4.79 Å². The van der Waals surface area contributed by atoms with Crippen LogP contribution < -0.4 is 15.6 Å². The Labute approximate surface area is 201 Å². The number of hydrogen-bond acceptors (Lipinski definition) is 5. The highest BCUT2D eigenvalue weighted by atomic mass is 79.9. The van der Waals surface area contributed by atoms with Gasteiger partial charge >= 0.3 is 0 Å². The van der Waals surface area contributed by atoms with Crippen molar-refractivity contribution in [2.24, 2.45) is 0 Å². The molecule has 4 aromatic rings. The highest BCUT2D eigenvalue weighted by Crippen LogP contribution is 2.23. The quantitative estimate of drug-likeness (QED) is 0.343. The van der Waals surface area contributed by atoms with Crippen molar-refractivity contribution >= 4 is 50.2 Å². The molecule has 33 heavy (non-hydrogen) atoms. The Balaban J connectivity index is 1.49. The Hall–Kier alpha value is -3.17. The second kappa shape index (κ2) is 9.76. The fourth-order valence-electron chi connectivity index (χ4n) is 3.32. The first-order valence-electron chi connectivity index (χ1n) is 9.91. The first-order valence-corrected chi connectivity index (χ1v) is 11.7. The summed E-state index contributed by atoms with van der Waals surface area (Å²) in [6.45, 7) is 1.78. The van der Waals surface area contributed by atoms with Crippen LogP contribution in [0.5, 0.6) is 5.75 Å². The zero-order valence-corrected chi connectivity index (χ0v) is 20.2.